The van der Waals surface area contributed by atoms with Gasteiger partial charge in [0, 0.05) is 25.4 Å². The molecule has 0 radical (unpaired) electrons. The number of amides is 2. The van der Waals surface area contributed by atoms with Crippen molar-refractivity contribution in [2.24, 2.45) is 0 Å². The second kappa shape index (κ2) is 7.67. The lowest BCUT2D eigenvalue weighted by molar-refractivity contribution is -0.124. The van der Waals surface area contributed by atoms with E-state index in [0.717, 1.165) is 17.7 Å². The number of hydrogen-bond donors (Lipinski definition) is 2. The number of carbonyl (C=O) groups is 2. The largest absolute Gasteiger partial charge is 0.494 e. The van der Waals surface area contributed by atoms with Gasteiger partial charge >= 0.3 is 0 Å². The van der Waals surface area contributed by atoms with E-state index in [0.29, 0.717) is 32.4 Å². The number of nitrogens with one attached hydrogen (secondary N) is 2. The van der Waals surface area contributed by atoms with Gasteiger partial charge < -0.3 is 15.4 Å². The van der Waals surface area contributed by atoms with Gasteiger partial charge in [-0.15, -0.1) is 0 Å². The maximum Gasteiger partial charge on any atom is 0.222 e. The molecule has 1 aliphatic rings. The Bertz CT molecular complexity index is 485. The monoisotopic (exact) mass is 290 g/mol. The summed E-state index contributed by atoms with van der Waals surface area (Å²) in [6.07, 6.45) is 2.32. The van der Waals surface area contributed by atoms with Crippen LogP contribution in [0.1, 0.15) is 31.7 Å². The Kier molecular flexibility index (Phi) is 5.60. The van der Waals surface area contributed by atoms with E-state index < -0.39 is 0 Å². The predicted molar refractivity (Wildman–Crippen MR) is 80.1 cm³/mol. The number of rotatable bonds is 6. The number of aryl methyl sites for hydroxylation is 1. The van der Waals surface area contributed by atoms with Crippen molar-refractivity contribution >= 4 is 11.8 Å². The molecule has 0 spiro atoms. The fourth-order valence-electron chi connectivity index (χ4n) is 2.38. The summed E-state index contributed by atoms with van der Waals surface area (Å²) in [6.45, 7) is 3.24. The molecule has 0 aromatic heterocycles. The zero-order valence-corrected chi connectivity index (χ0v) is 12.4. The third-order valence-corrected chi connectivity index (χ3v) is 3.49. The molecule has 0 saturated carbocycles. The first-order valence-corrected chi connectivity index (χ1v) is 7.45. The van der Waals surface area contributed by atoms with Gasteiger partial charge in [0.25, 0.3) is 0 Å². The molecule has 1 aromatic carbocycles. The lowest BCUT2D eigenvalue weighted by atomic mass is 10.1. The fourth-order valence-corrected chi connectivity index (χ4v) is 2.38. The van der Waals surface area contributed by atoms with Gasteiger partial charge in [0.05, 0.1) is 6.61 Å². The molecule has 2 amide bonds. The summed E-state index contributed by atoms with van der Waals surface area (Å²) in [5, 5.41) is 5.68. The number of piperidine rings is 1. The Morgan fingerprint density at radius 3 is 2.81 bits per heavy atom. The summed E-state index contributed by atoms with van der Waals surface area (Å²) < 4.78 is 5.38. The van der Waals surface area contributed by atoms with Crippen LogP contribution in [0.2, 0.25) is 0 Å². The number of benzene rings is 1. The second-order valence-electron chi connectivity index (χ2n) is 5.18. The minimum absolute atomic E-state index is 0.00332. The first-order valence-electron chi connectivity index (χ1n) is 7.45. The molecule has 1 aliphatic heterocycles. The van der Waals surface area contributed by atoms with Gasteiger partial charge in [0.1, 0.15) is 5.75 Å². The van der Waals surface area contributed by atoms with Gasteiger partial charge in [-0.2, -0.15) is 0 Å². The molecule has 1 fully saturated rings. The molecule has 1 aromatic rings. The zero-order valence-electron chi connectivity index (χ0n) is 12.4. The molecule has 5 heteroatoms. The molecule has 21 heavy (non-hydrogen) atoms. The summed E-state index contributed by atoms with van der Waals surface area (Å²) in [5.74, 6) is 0.862. The van der Waals surface area contributed by atoms with E-state index in [2.05, 4.69) is 10.6 Å². The summed E-state index contributed by atoms with van der Waals surface area (Å²) >= 11 is 0. The molecule has 1 unspecified atom stereocenters. The molecule has 2 N–H and O–H groups in total. The highest BCUT2D eigenvalue weighted by atomic mass is 16.5. The fraction of sp³-hybridized carbons (Fsp3) is 0.500. The standard InChI is InChI=1S/C16H22N2O3/c1-2-21-14-6-3-12(4-7-14)5-8-15(19)18-13-9-10-17-16(20)11-13/h3-4,6-7,13H,2,5,8-11H2,1H3,(H,17,20)(H,18,19). The lowest BCUT2D eigenvalue weighted by Crippen LogP contribution is -2.45. The van der Waals surface area contributed by atoms with Gasteiger partial charge in [0.2, 0.25) is 11.8 Å². The maximum absolute atomic E-state index is 11.9. The van der Waals surface area contributed by atoms with Crippen LogP contribution in [0.4, 0.5) is 0 Å². The Morgan fingerprint density at radius 2 is 2.14 bits per heavy atom. The molecule has 2 rings (SSSR count). The first kappa shape index (κ1) is 15.4. The van der Waals surface area contributed by atoms with Crippen molar-refractivity contribution in [3.63, 3.8) is 0 Å². The highest BCUT2D eigenvalue weighted by Gasteiger charge is 2.20. The van der Waals surface area contributed by atoms with Gasteiger partial charge in [-0.05, 0) is 37.5 Å². The van der Waals surface area contributed by atoms with E-state index in [4.69, 9.17) is 4.74 Å². The molecular formula is C16H22N2O3. The number of carbonyl (C=O) groups excluding carboxylic acids is 2. The number of ether oxygens (including phenoxy) is 1. The summed E-state index contributed by atoms with van der Waals surface area (Å²) in [6, 6.07) is 7.77. The van der Waals surface area contributed by atoms with Gasteiger partial charge in [-0.1, -0.05) is 12.1 Å². The molecule has 0 bridgehead atoms. The maximum atomic E-state index is 11.9. The van der Waals surface area contributed by atoms with Crippen molar-refractivity contribution in [3.05, 3.63) is 29.8 Å². The molecule has 114 valence electrons. The smallest absolute Gasteiger partial charge is 0.222 e. The molecule has 0 aliphatic carbocycles. The van der Waals surface area contributed by atoms with Crippen molar-refractivity contribution in [1.29, 1.82) is 0 Å². The van der Waals surface area contributed by atoms with Gasteiger partial charge in [0.15, 0.2) is 0 Å². The van der Waals surface area contributed by atoms with E-state index >= 15 is 0 Å². The van der Waals surface area contributed by atoms with Crippen molar-refractivity contribution in [2.45, 2.75) is 38.6 Å². The van der Waals surface area contributed by atoms with E-state index in [1.807, 2.05) is 31.2 Å². The average molecular weight is 290 g/mol. The highest BCUT2D eigenvalue weighted by molar-refractivity contribution is 5.80. The van der Waals surface area contributed by atoms with Crippen molar-refractivity contribution in [3.8, 4) is 5.75 Å². The van der Waals surface area contributed by atoms with Crippen LogP contribution in [0.25, 0.3) is 0 Å². The second-order valence-corrected chi connectivity index (χ2v) is 5.18. The molecule has 5 nitrogen and oxygen atoms in total. The molecule has 1 heterocycles. The van der Waals surface area contributed by atoms with Crippen molar-refractivity contribution < 1.29 is 14.3 Å². The van der Waals surface area contributed by atoms with Crippen LogP contribution >= 0.6 is 0 Å². The Hall–Kier alpha value is -2.04. The van der Waals surface area contributed by atoms with Crippen LogP contribution in [-0.2, 0) is 16.0 Å². The van der Waals surface area contributed by atoms with Crippen LogP contribution in [0.5, 0.6) is 5.75 Å². The SMILES string of the molecule is CCOc1ccc(CCC(=O)NC2CCNC(=O)C2)cc1. The van der Waals surface area contributed by atoms with Crippen molar-refractivity contribution in [2.75, 3.05) is 13.2 Å². The quantitative estimate of drug-likeness (QED) is 0.832. The number of hydrogen-bond acceptors (Lipinski definition) is 3. The van der Waals surface area contributed by atoms with Crippen LogP contribution in [0, 0.1) is 0 Å². The van der Waals surface area contributed by atoms with E-state index in [1.54, 1.807) is 0 Å². The molecular weight excluding hydrogens is 268 g/mol. The third kappa shape index (κ3) is 5.10. The van der Waals surface area contributed by atoms with E-state index in [-0.39, 0.29) is 17.9 Å². The normalized spacial score (nSPS) is 18.0. The van der Waals surface area contributed by atoms with Crippen LogP contribution in [-0.4, -0.2) is 31.0 Å². The highest BCUT2D eigenvalue weighted by Crippen LogP contribution is 2.13. The Labute approximate surface area is 125 Å². The third-order valence-electron chi connectivity index (χ3n) is 3.49. The van der Waals surface area contributed by atoms with E-state index in [1.165, 1.54) is 0 Å². The van der Waals surface area contributed by atoms with Crippen LogP contribution in [0.3, 0.4) is 0 Å². The van der Waals surface area contributed by atoms with Crippen LogP contribution < -0.4 is 15.4 Å². The van der Waals surface area contributed by atoms with Crippen molar-refractivity contribution in [1.82, 2.24) is 10.6 Å². The Morgan fingerprint density at radius 1 is 1.38 bits per heavy atom. The van der Waals surface area contributed by atoms with Gasteiger partial charge in [-0.25, -0.2) is 0 Å². The van der Waals surface area contributed by atoms with E-state index in [9.17, 15) is 9.59 Å². The topological polar surface area (TPSA) is 67.4 Å². The molecule has 1 atom stereocenters. The predicted octanol–water partition coefficient (Wildman–Crippen LogP) is 1.41. The molecule has 1 saturated heterocycles. The minimum Gasteiger partial charge on any atom is -0.494 e. The summed E-state index contributed by atoms with van der Waals surface area (Å²) in [7, 11) is 0. The minimum atomic E-state index is -0.0217. The Balaban J connectivity index is 1.74. The average Bonchev–Trinajstić information content (AvgIpc) is 2.47. The van der Waals surface area contributed by atoms with Gasteiger partial charge in [-0.3, -0.25) is 9.59 Å². The summed E-state index contributed by atoms with van der Waals surface area (Å²) in [4.78, 5) is 23.1. The summed E-state index contributed by atoms with van der Waals surface area (Å²) in [5.41, 5.74) is 1.11. The zero-order chi connectivity index (χ0) is 15.1. The first-order chi connectivity index (χ1) is 10.2. The lowest BCUT2D eigenvalue weighted by Gasteiger charge is -2.23. The van der Waals surface area contributed by atoms with Crippen LogP contribution in [0.15, 0.2) is 24.3 Å².